The number of hydrogen-bond donors (Lipinski definition) is 3. The van der Waals surface area contributed by atoms with Crippen LogP contribution in [0.5, 0.6) is 11.5 Å². The highest BCUT2D eigenvalue weighted by atomic mass is 16.6. The molecule has 2 aromatic rings. The van der Waals surface area contributed by atoms with Gasteiger partial charge in [-0.3, -0.25) is 19.7 Å². The number of nitro benzene ring substituents is 1. The van der Waals surface area contributed by atoms with Gasteiger partial charge in [-0.05, 0) is 43.3 Å². The number of phenolic OH excluding ortho intramolecular Hbond substituents is 1. The van der Waals surface area contributed by atoms with Gasteiger partial charge in [0, 0.05) is 17.3 Å². The number of ether oxygens (including phenoxy) is 1. The lowest BCUT2D eigenvalue weighted by Crippen LogP contribution is -2.34. The number of carbonyl (C=O) groups excluding carboxylic acids is 2. The molecule has 0 aliphatic carbocycles. The van der Waals surface area contributed by atoms with Crippen molar-refractivity contribution in [3.05, 3.63) is 58.1 Å². The third-order valence-corrected chi connectivity index (χ3v) is 3.73. The van der Waals surface area contributed by atoms with Gasteiger partial charge in [0.15, 0.2) is 5.75 Å². The minimum atomic E-state index is -1.03. The number of rotatable bonds is 7. The second-order valence-electron chi connectivity index (χ2n) is 5.68. The van der Waals surface area contributed by atoms with E-state index >= 15 is 0 Å². The quantitative estimate of drug-likeness (QED) is 0.287. The summed E-state index contributed by atoms with van der Waals surface area (Å²) in [5, 5.41) is 26.5. The van der Waals surface area contributed by atoms with Crippen molar-refractivity contribution in [2.75, 3.05) is 12.4 Å². The lowest BCUT2D eigenvalue weighted by molar-refractivity contribution is -0.385. The Balaban J connectivity index is 1.94. The maximum atomic E-state index is 12.1. The maximum absolute atomic E-state index is 12.1. The van der Waals surface area contributed by atoms with Crippen molar-refractivity contribution in [3.63, 3.8) is 0 Å². The molecular weight excluding hydrogens is 368 g/mol. The Bertz CT molecular complexity index is 911. The summed E-state index contributed by atoms with van der Waals surface area (Å²) >= 11 is 0. The van der Waals surface area contributed by atoms with E-state index in [2.05, 4.69) is 15.8 Å². The Morgan fingerprint density at radius 3 is 2.50 bits per heavy atom. The number of nitrogens with zero attached hydrogens (tertiary/aromatic N) is 2. The number of carbonyl (C=O) groups is 2. The highest BCUT2D eigenvalue weighted by Gasteiger charge is 2.21. The largest absolute Gasteiger partial charge is 0.502 e. The first kappa shape index (κ1) is 20.4. The standard InChI is InChI=1S/C18H18N4O6/c1-11(17(24)20-13-4-6-14(28-2)7-5-13)18(25)21-19-10-12-3-8-16(23)15(9-12)22(26)27/h3-11,23H,1-2H3,(H,20,24)(H,21,25)/b19-10+. The van der Waals surface area contributed by atoms with Crippen molar-refractivity contribution >= 4 is 29.4 Å². The van der Waals surface area contributed by atoms with E-state index in [-0.39, 0.29) is 0 Å². The third-order valence-electron chi connectivity index (χ3n) is 3.73. The van der Waals surface area contributed by atoms with E-state index in [1.54, 1.807) is 24.3 Å². The summed E-state index contributed by atoms with van der Waals surface area (Å²) in [5.41, 5.74) is 2.51. The first-order chi connectivity index (χ1) is 13.3. The normalized spacial score (nSPS) is 11.6. The zero-order valence-corrected chi connectivity index (χ0v) is 15.1. The van der Waals surface area contributed by atoms with E-state index in [0.29, 0.717) is 17.0 Å². The van der Waals surface area contributed by atoms with Crippen molar-refractivity contribution in [2.45, 2.75) is 6.92 Å². The molecule has 28 heavy (non-hydrogen) atoms. The highest BCUT2D eigenvalue weighted by molar-refractivity contribution is 6.06. The summed E-state index contributed by atoms with van der Waals surface area (Å²) in [6, 6.07) is 10.2. The predicted molar refractivity (Wildman–Crippen MR) is 101 cm³/mol. The van der Waals surface area contributed by atoms with Gasteiger partial charge in [-0.2, -0.15) is 5.10 Å². The van der Waals surface area contributed by atoms with Crippen LogP contribution in [0.15, 0.2) is 47.6 Å². The number of hydrazone groups is 1. The summed E-state index contributed by atoms with van der Waals surface area (Å²) < 4.78 is 5.02. The van der Waals surface area contributed by atoms with Crippen LogP contribution >= 0.6 is 0 Å². The van der Waals surface area contributed by atoms with E-state index in [1.807, 2.05) is 0 Å². The number of nitro groups is 1. The molecule has 10 nitrogen and oxygen atoms in total. The molecule has 2 rings (SSSR count). The molecule has 2 amide bonds. The molecule has 1 unspecified atom stereocenters. The molecule has 0 radical (unpaired) electrons. The molecule has 0 aliphatic rings. The SMILES string of the molecule is COc1ccc(NC(=O)C(C)C(=O)N/N=C/c2ccc(O)c([N+](=O)[O-])c2)cc1. The van der Waals surface area contributed by atoms with Crippen molar-refractivity contribution in [3.8, 4) is 11.5 Å². The van der Waals surface area contributed by atoms with Gasteiger partial charge in [0.2, 0.25) is 5.91 Å². The van der Waals surface area contributed by atoms with Crippen LogP contribution in [0.2, 0.25) is 0 Å². The van der Waals surface area contributed by atoms with Crippen molar-refractivity contribution in [1.82, 2.24) is 5.43 Å². The van der Waals surface area contributed by atoms with E-state index in [1.165, 1.54) is 26.3 Å². The minimum absolute atomic E-state index is 0.292. The van der Waals surface area contributed by atoms with E-state index in [0.717, 1.165) is 12.1 Å². The van der Waals surface area contributed by atoms with Crippen LogP contribution in [0, 0.1) is 16.0 Å². The van der Waals surface area contributed by atoms with E-state index < -0.39 is 34.1 Å². The van der Waals surface area contributed by atoms with Crippen LogP contribution in [-0.2, 0) is 9.59 Å². The predicted octanol–water partition coefficient (Wildman–Crippen LogP) is 2.03. The van der Waals surface area contributed by atoms with Crippen LogP contribution < -0.4 is 15.5 Å². The molecule has 0 heterocycles. The molecule has 0 saturated carbocycles. The smallest absolute Gasteiger partial charge is 0.311 e. The third kappa shape index (κ3) is 5.27. The molecule has 10 heteroatoms. The molecule has 146 valence electrons. The number of benzene rings is 2. The summed E-state index contributed by atoms with van der Waals surface area (Å²) in [4.78, 5) is 34.2. The van der Waals surface area contributed by atoms with Gasteiger partial charge in [0.05, 0.1) is 18.2 Å². The fourth-order valence-electron chi connectivity index (χ4n) is 2.08. The summed E-state index contributed by atoms with van der Waals surface area (Å²) in [7, 11) is 1.52. The summed E-state index contributed by atoms with van der Waals surface area (Å²) in [6.07, 6.45) is 1.17. The van der Waals surface area contributed by atoms with Crippen LogP contribution in [0.25, 0.3) is 0 Å². The lowest BCUT2D eigenvalue weighted by Gasteiger charge is -2.11. The number of aromatic hydroxyl groups is 1. The Morgan fingerprint density at radius 1 is 1.21 bits per heavy atom. The molecule has 2 aromatic carbocycles. The van der Waals surface area contributed by atoms with Gasteiger partial charge in [-0.1, -0.05) is 0 Å². The molecule has 0 bridgehead atoms. The second-order valence-corrected chi connectivity index (χ2v) is 5.68. The molecular formula is C18H18N4O6. The highest BCUT2D eigenvalue weighted by Crippen LogP contribution is 2.25. The van der Waals surface area contributed by atoms with Gasteiger partial charge < -0.3 is 15.2 Å². The lowest BCUT2D eigenvalue weighted by atomic mass is 10.1. The second kappa shape index (κ2) is 9.12. The fraction of sp³-hybridized carbons (Fsp3) is 0.167. The van der Waals surface area contributed by atoms with Gasteiger partial charge in [-0.25, -0.2) is 5.43 Å². The number of methoxy groups -OCH3 is 1. The molecule has 0 saturated heterocycles. The number of amides is 2. The molecule has 0 aromatic heterocycles. The van der Waals surface area contributed by atoms with Crippen LogP contribution in [0.1, 0.15) is 12.5 Å². The molecule has 1 atom stereocenters. The Kier molecular flexibility index (Phi) is 6.63. The summed E-state index contributed by atoms with van der Waals surface area (Å²) in [6.45, 7) is 1.41. The van der Waals surface area contributed by atoms with Crippen molar-refractivity contribution < 1.29 is 24.4 Å². The topological polar surface area (TPSA) is 143 Å². The van der Waals surface area contributed by atoms with Crippen molar-refractivity contribution in [2.24, 2.45) is 11.0 Å². The monoisotopic (exact) mass is 386 g/mol. The van der Waals surface area contributed by atoms with E-state index in [4.69, 9.17) is 4.74 Å². The van der Waals surface area contributed by atoms with Crippen LogP contribution in [0.4, 0.5) is 11.4 Å². The average molecular weight is 386 g/mol. The maximum Gasteiger partial charge on any atom is 0.311 e. The summed E-state index contributed by atoms with van der Waals surface area (Å²) in [5.74, 6) is -2.07. The first-order valence-electron chi connectivity index (χ1n) is 8.07. The zero-order chi connectivity index (χ0) is 20.7. The molecule has 0 spiro atoms. The van der Waals surface area contributed by atoms with Gasteiger partial charge in [-0.15, -0.1) is 0 Å². The van der Waals surface area contributed by atoms with E-state index in [9.17, 15) is 24.8 Å². The zero-order valence-electron chi connectivity index (χ0n) is 15.1. The fourth-order valence-corrected chi connectivity index (χ4v) is 2.08. The van der Waals surface area contributed by atoms with Crippen LogP contribution in [-0.4, -0.2) is 35.2 Å². The van der Waals surface area contributed by atoms with Gasteiger partial charge in [0.25, 0.3) is 5.91 Å². The Morgan fingerprint density at radius 2 is 1.89 bits per heavy atom. The molecule has 3 N–H and O–H groups in total. The average Bonchev–Trinajstić information content (AvgIpc) is 2.68. The number of nitrogens with one attached hydrogen (secondary N) is 2. The van der Waals surface area contributed by atoms with Crippen molar-refractivity contribution in [1.29, 1.82) is 0 Å². The van der Waals surface area contributed by atoms with Gasteiger partial charge >= 0.3 is 5.69 Å². The minimum Gasteiger partial charge on any atom is -0.502 e. The Hall–Kier alpha value is -3.95. The number of anilines is 1. The molecule has 0 fully saturated rings. The number of hydrogen-bond acceptors (Lipinski definition) is 7. The number of phenols is 1. The first-order valence-corrected chi connectivity index (χ1v) is 8.07. The van der Waals surface area contributed by atoms with Gasteiger partial charge in [0.1, 0.15) is 11.7 Å². The Labute approximate surface area is 160 Å². The molecule has 0 aliphatic heterocycles. The van der Waals surface area contributed by atoms with Crippen LogP contribution in [0.3, 0.4) is 0 Å².